The molecule has 25 heavy (non-hydrogen) atoms. The molecule has 1 N–H and O–H groups in total. The second-order valence-corrected chi connectivity index (χ2v) is 7.63. The highest BCUT2D eigenvalue weighted by atomic mass is 32.1. The fraction of sp³-hybridized carbons (Fsp3) is 0.474. The zero-order chi connectivity index (χ0) is 17.8. The average Bonchev–Trinajstić information content (AvgIpc) is 3.27. The van der Waals surface area contributed by atoms with Crippen molar-refractivity contribution in [1.29, 1.82) is 0 Å². The van der Waals surface area contributed by atoms with Crippen molar-refractivity contribution >= 4 is 23.2 Å². The van der Waals surface area contributed by atoms with Gasteiger partial charge in [0.25, 0.3) is 0 Å². The molecule has 2 unspecified atom stereocenters. The van der Waals surface area contributed by atoms with E-state index in [-0.39, 0.29) is 23.8 Å². The SMILES string of the molecule is CC(=O)NC1CN(C(=O)CCCc2cccs2)CC1c1ccc(C)o1. The van der Waals surface area contributed by atoms with E-state index in [0.29, 0.717) is 19.5 Å². The minimum absolute atomic E-state index is 0.0128. The first-order valence-electron chi connectivity index (χ1n) is 8.66. The number of carbonyl (C=O) groups excluding carboxylic acids is 2. The summed E-state index contributed by atoms with van der Waals surface area (Å²) in [7, 11) is 0. The van der Waals surface area contributed by atoms with Gasteiger partial charge >= 0.3 is 0 Å². The van der Waals surface area contributed by atoms with Crippen LogP contribution in [-0.2, 0) is 16.0 Å². The second kappa shape index (κ2) is 7.87. The molecule has 1 fully saturated rings. The highest BCUT2D eigenvalue weighted by Crippen LogP contribution is 2.29. The van der Waals surface area contributed by atoms with E-state index in [1.54, 1.807) is 11.3 Å². The van der Waals surface area contributed by atoms with Gasteiger partial charge in [-0.3, -0.25) is 9.59 Å². The third kappa shape index (κ3) is 4.51. The molecule has 0 aromatic carbocycles. The highest BCUT2D eigenvalue weighted by molar-refractivity contribution is 7.09. The molecule has 6 heteroatoms. The predicted molar refractivity (Wildman–Crippen MR) is 97.6 cm³/mol. The summed E-state index contributed by atoms with van der Waals surface area (Å²) in [5.74, 6) is 1.77. The van der Waals surface area contributed by atoms with Gasteiger partial charge in [-0.25, -0.2) is 0 Å². The molecule has 0 spiro atoms. The van der Waals surface area contributed by atoms with Gasteiger partial charge in [0.2, 0.25) is 11.8 Å². The van der Waals surface area contributed by atoms with E-state index in [9.17, 15) is 9.59 Å². The molecule has 134 valence electrons. The van der Waals surface area contributed by atoms with Gasteiger partial charge in [0.1, 0.15) is 11.5 Å². The summed E-state index contributed by atoms with van der Waals surface area (Å²) in [6.45, 7) is 4.55. The normalized spacial score (nSPS) is 20.0. The van der Waals surface area contributed by atoms with Crippen molar-refractivity contribution in [3.05, 3.63) is 46.0 Å². The average molecular weight is 360 g/mol. The van der Waals surface area contributed by atoms with Crippen LogP contribution in [-0.4, -0.2) is 35.8 Å². The number of aryl methyl sites for hydroxylation is 2. The third-order valence-corrected chi connectivity index (χ3v) is 5.52. The van der Waals surface area contributed by atoms with Crippen molar-refractivity contribution in [2.24, 2.45) is 0 Å². The predicted octanol–water partition coefficient (Wildman–Crippen LogP) is 3.10. The van der Waals surface area contributed by atoms with Crippen molar-refractivity contribution in [2.45, 2.75) is 45.1 Å². The first-order valence-corrected chi connectivity index (χ1v) is 9.54. The zero-order valence-corrected chi connectivity index (χ0v) is 15.5. The van der Waals surface area contributed by atoms with E-state index in [4.69, 9.17) is 4.42 Å². The minimum Gasteiger partial charge on any atom is -0.466 e. The number of rotatable bonds is 6. The number of hydrogen-bond acceptors (Lipinski definition) is 4. The van der Waals surface area contributed by atoms with Gasteiger partial charge in [0, 0.05) is 31.3 Å². The van der Waals surface area contributed by atoms with Gasteiger partial charge in [-0.05, 0) is 43.3 Å². The van der Waals surface area contributed by atoms with E-state index in [1.807, 2.05) is 30.0 Å². The summed E-state index contributed by atoms with van der Waals surface area (Å²) >= 11 is 1.73. The number of amides is 2. The van der Waals surface area contributed by atoms with Crippen molar-refractivity contribution in [2.75, 3.05) is 13.1 Å². The lowest BCUT2D eigenvalue weighted by Crippen LogP contribution is -2.39. The molecule has 5 nitrogen and oxygen atoms in total. The molecular formula is C19H24N2O3S. The minimum atomic E-state index is -0.0932. The van der Waals surface area contributed by atoms with Gasteiger partial charge < -0.3 is 14.6 Å². The molecular weight excluding hydrogens is 336 g/mol. The van der Waals surface area contributed by atoms with Gasteiger partial charge in [0.15, 0.2) is 0 Å². The molecule has 3 heterocycles. The van der Waals surface area contributed by atoms with Crippen LogP contribution in [0.1, 0.15) is 42.1 Å². The largest absolute Gasteiger partial charge is 0.466 e. The monoisotopic (exact) mass is 360 g/mol. The van der Waals surface area contributed by atoms with Crippen LogP contribution in [0.5, 0.6) is 0 Å². The summed E-state index contributed by atoms with van der Waals surface area (Å²) < 4.78 is 5.75. The van der Waals surface area contributed by atoms with Crippen molar-refractivity contribution < 1.29 is 14.0 Å². The van der Waals surface area contributed by atoms with Gasteiger partial charge in [-0.1, -0.05) is 6.07 Å². The number of furan rings is 1. The summed E-state index contributed by atoms with van der Waals surface area (Å²) in [4.78, 5) is 27.3. The molecule has 2 amide bonds. The van der Waals surface area contributed by atoms with Crippen LogP contribution in [0.15, 0.2) is 34.1 Å². The summed E-state index contributed by atoms with van der Waals surface area (Å²) in [5.41, 5.74) is 0. The van der Waals surface area contributed by atoms with Gasteiger partial charge in [-0.2, -0.15) is 0 Å². The molecule has 0 aliphatic carbocycles. The Morgan fingerprint density at radius 1 is 1.32 bits per heavy atom. The highest BCUT2D eigenvalue weighted by Gasteiger charge is 2.38. The smallest absolute Gasteiger partial charge is 0.222 e. The quantitative estimate of drug-likeness (QED) is 0.861. The third-order valence-electron chi connectivity index (χ3n) is 4.58. The number of likely N-dealkylation sites (tertiary alicyclic amines) is 1. The van der Waals surface area contributed by atoms with Gasteiger partial charge in [0.05, 0.1) is 12.0 Å². The topological polar surface area (TPSA) is 62.6 Å². The van der Waals surface area contributed by atoms with Crippen molar-refractivity contribution in [3.63, 3.8) is 0 Å². The molecule has 2 aromatic rings. The molecule has 0 radical (unpaired) electrons. The van der Waals surface area contributed by atoms with Crippen LogP contribution >= 0.6 is 11.3 Å². The number of thiophene rings is 1. The lowest BCUT2D eigenvalue weighted by Gasteiger charge is -2.17. The van der Waals surface area contributed by atoms with E-state index in [2.05, 4.69) is 16.8 Å². The lowest BCUT2D eigenvalue weighted by molar-refractivity contribution is -0.130. The summed E-state index contributed by atoms with van der Waals surface area (Å²) in [6.07, 6.45) is 2.33. The van der Waals surface area contributed by atoms with E-state index in [1.165, 1.54) is 11.8 Å². The lowest BCUT2D eigenvalue weighted by atomic mass is 10.0. The van der Waals surface area contributed by atoms with Gasteiger partial charge in [-0.15, -0.1) is 11.3 Å². The molecule has 1 aliphatic heterocycles. The molecule has 1 aliphatic rings. The molecule has 0 bridgehead atoms. The number of carbonyl (C=O) groups is 2. The van der Waals surface area contributed by atoms with Crippen LogP contribution in [0.4, 0.5) is 0 Å². The van der Waals surface area contributed by atoms with E-state index in [0.717, 1.165) is 24.4 Å². The number of nitrogens with zero attached hydrogens (tertiary/aromatic N) is 1. The first-order chi connectivity index (χ1) is 12.0. The maximum Gasteiger partial charge on any atom is 0.222 e. The van der Waals surface area contributed by atoms with E-state index < -0.39 is 0 Å². The molecule has 2 aromatic heterocycles. The number of hydrogen-bond donors (Lipinski definition) is 1. The number of nitrogens with one attached hydrogen (secondary N) is 1. The van der Waals surface area contributed by atoms with Crippen LogP contribution < -0.4 is 5.32 Å². The fourth-order valence-corrected chi connectivity index (χ4v) is 4.13. The Kier molecular flexibility index (Phi) is 5.58. The van der Waals surface area contributed by atoms with Crippen LogP contribution in [0.2, 0.25) is 0 Å². The van der Waals surface area contributed by atoms with E-state index >= 15 is 0 Å². The fourth-order valence-electron chi connectivity index (χ4n) is 3.38. The molecule has 3 rings (SSSR count). The Labute approximate surface area is 152 Å². The maximum atomic E-state index is 12.6. The first kappa shape index (κ1) is 17.7. The molecule has 2 atom stereocenters. The summed E-state index contributed by atoms with van der Waals surface area (Å²) in [6, 6.07) is 7.92. The molecule has 0 saturated carbocycles. The maximum absolute atomic E-state index is 12.6. The van der Waals surface area contributed by atoms with Crippen LogP contribution in [0.25, 0.3) is 0 Å². The second-order valence-electron chi connectivity index (χ2n) is 6.59. The molecule has 1 saturated heterocycles. The van der Waals surface area contributed by atoms with Crippen molar-refractivity contribution in [1.82, 2.24) is 10.2 Å². The van der Waals surface area contributed by atoms with Crippen molar-refractivity contribution in [3.8, 4) is 0 Å². The Bertz CT molecular complexity index is 723. The van der Waals surface area contributed by atoms with Crippen LogP contribution in [0, 0.1) is 6.92 Å². The Hall–Kier alpha value is -2.08. The Balaban J connectivity index is 1.59. The summed E-state index contributed by atoms with van der Waals surface area (Å²) in [5, 5.41) is 5.03. The standard InChI is InChI=1S/C19H24N2O3S/c1-13-8-9-18(24-13)16-11-21(12-17(16)20-14(2)22)19(23)7-3-5-15-6-4-10-25-15/h4,6,8-10,16-17H,3,5,7,11-12H2,1-2H3,(H,20,22). The Morgan fingerprint density at radius 2 is 2.16 bits per heavy atom. The zero-order valence-electron chi connectivity index (χ0n) is 14.7. The van der Waals surface area contributed by atoms with Crippen LogP contribution in [0.3, 0.4) is 0 Å². The Morgan fingerprint density at radius 3 is 2.80 bits per heavy atom.